The molecule has 4 aliphatic rings. The Balaban J connectivity index is 1.68. The van der Waals surface area contributed by atoms with Crippen LogP contribution in [0.3, 0.4) is 0 Å². The van der Waals surface area contributed by atoms with Crippen molar-refractivity contribution in [2.24, 2.45) is 23.7 Å². The Bertz CT molecular complexity index is 457. The van der Waals surface area contributed by atoms with E-state index < -0.39 is 17.8 Å². The fourth-order valence-corrected chi connectivity index (χ4v) is 3.84. The van der Waals surface area contributed by atoms with E-state index in [1.165, 1.54) is 0 Å². The van der Waals surface area contributed by atoms with Gasteiger partial charge < -0.3 is 10.0 Å². The van der Waals surface area contributed by atoms with E-state index in [1.807, 2.05) is 17.2 Å². The number of fused-ring (bicyclic) bond motifs is 2. The number of likely N-dealkylation sites (N-methyl/N-ethyl adjacent to an activating group) is 1. The zero-order chi connectivity index (χ0) is 15.0. The van der Waals surface area contributed by atoms with Gasteiger partial charge in [0.15, 0.2) is 0 Å². The Morgan fingerprint density at radius 1 is 1.05 bits per heavy atom. The number of piperazine rings is 1. The summed E-state index contributed by atoms with van der Waals surface area (Å²) in [5.74, 6) is -1.87. The van der Waals surface area contributed by atoms with Crippen LogP contribution in [0, 0.1) is 23.7 Å². The van der Waals surface area contributed by atoms with Crippen LogP contribution < -0.4 is 5.43 Å². The average molecular weight is 293 g/mol. The molecule has 1 saturated carbocycles. The van der Waals surface area contributed by atoms with E-state index in [4.69, 9.17) is 0 Å². The monoisotopic (exact) mass is 293 g/mol. The molecule has 0 unspecified atom stereocenters. The number of carbonyl (C=O) groups is 2. The number of hydrogen-bond acceptors (Lipinski definition) is 4. The van der Waals surface area contributed by atoms with Gasteiger partial charge in [0, 0.05) is 26.2 Å². The average Bonchev–Trinajstić information content (AvgIpc) is 2.49. The number of nitrogens with one attached hydrogen (secondary N) is 1. The Labute approximate surface area is 124 Å². The predicted molar refractivity (Wildman–Crippen MR) is 77.2 cm³/mol. The molecule has 6 nitrogen and oxygen atoms in total. The molecule has 1 aliphatic heterocycles. The molecule has 0 aromatic rings. The van der Waals surface area contributed by atoms with E-state index in [2.05, 4.69) is 17.4 Å². The normalized spacial score (nSPS) is 36.6. The second-order valence-electron chi connectivity index (χ2n) is 6.45. The zero-order valence-corrected chi connectivity index (χ0v) is 12.4. The minimum atomic E-state index is -0.840. The molecule has 1 heterocycles. The highest BCUT2D eigenvalue weighted by molar-refractivity contribution is 5.86. The first kappa shape index (κ1) is 14.5. The second-order valence-corrected chi connectivity index (χ2v) is 6.45. The van der Waals surface area contributed by atoms with Crippen molar-refractivity contribution < 1.29 is 14.7 Å². The molecule has 1 saturated heterocycles. The first-order chi connectivity index (χ1) is 10.1. The molecule has 4 atom stereocenters. The summed E-state index contributed by atoms with van der Waals surface area (Å²) in [6, 6.07) is 0. The smallest absolute Gasteiger partial charge is 0.307 e. The van der Waals surface area contributed by atoms with Gasteiger partial charge in [-0.05, 0) is 31.7 Å². The van der Waals surface area contributed by atoms with Gasteiger partial charge in [-0.25, -0.2) is 5.01 Å². The van der Waals surface area contributed by atoms with E-state index in [1.54, 1.807) is 0 Å². The van der Waals surface area contributed by atoms with Crippen molar-refractivity contribution in [3.05, 3.63) is 12.2 Å². The number of nitrogens with zero attached hydrogens (tertiary/aromatic N) is 2. The number of aliphatic carboxylic acids is 1. The molecular weight excluding hydrogens is 270 g/mol. The molecule has 3 aliphatic carbocycles. The largest absolute Gasteiger partial charge is 0.481 e. The van der Waals surface area contributed by atoms with Crippen LogP contribution >= 0.6 is 0 Å². The number of rotatable bonds is 3. The Hall–Kier alpha value is -1.40. The van der Waals surface area contributed by atoms with Crippen LogP contribution in [-0.2, 0) is 9.59 Å². The van der Waals surface area contributed by atoms with Crippen LogP contribution in [0.1, 0.15) is 12.8 Å². The van der Waals surface area contributed by atoms with Crippen molar-refractivity contribution in [2.75, 3.05) is 33.2 Å². The predicted octanol–water partition coefficient (Wildman–Crippen LogP) is 0.178. The molecule has 2 fully saturated rings. The van der Waals surface area contributed by atoms with E-state index in [0.717, 1.165) is 39.0 Å². The van der Waals surface area contributed by atoms with Crippen molar-refractivity contribution in [1.82, 2.24) is 15.3 Å². The second kappa shape index (κ2) is 5.77. The molecule has 2 bridgehead atoms. The molecule has 0 spiro atoms. The number of hydrazine groups is 1. The molecule has 21 heavy (non-hydrogen) atoms. The molecule has 4 rings (SSSR count). The van der Waals surface area contributed by atoms with E-state index in [0.29, 0.717) is 0 Å². The summed E-state index contributed by atoms with van der Waals surface area (Å²) in [7, 11) is 2.06. The quantitative estimate of drug-likeness (QED) is 0.726. The lowest BCUT2D eigenvalue weighted by molar-refractivity contribution is -0.154. The third-order valence-electron chi connectivity index (χ3n) is 5.11. The summed E-state index contributed by atoms with van der Waals surface area (Å²) in [4.78, 5) is 26.4. The first-order valence-corrected chi connectivity index (χ1v) is 7.71. The minimum absolute atomic E-state index is 0.00994. The lowest BCUT2D eigenvalue weighted by Gasteiger charge is -2.43. The van der Waals surface area contributed by atoms with Gasteiger partial charge in [-0.3, -0.25) is 15.0 Å². The van der Waals surface area contributed by atoms with Crippen molar-refractivity contribution >= 4 is 11.9 Å². The van der Waals surface area contributed by atoms with Gasteiger partial charge in [0.2, 0.25) is 5.91 Å². The summed E-state index contributed by atoms with van der Waals surface area (Å²) in [6.07, 6.45) is 5.84. The minimum Gasteiger partial charge on any atom is -0.481 e. The highest BCUT2D eigenvalue weighted by Crippen LogP contribution is 2.45. The van der Waals surface area contributed by atoms with Gasteiger partial charge in [0.25, 0.3) is 0 Å². The van der Waals surface area contributed by atoms with Crippen molar-refractivity contribution in [1.29, 1.82) is 0 Å². The van der Waals surface area contributed by atoms with Crippen LogP contribution in [0.15, 0.2) is 12.2 Å². The third-order valence-corrected chi connectivity index (χ3v) is 5.11. The summed E-state index contributed by atoms with van der Waals surface area (Å²) < 4.78 is 0. The molecule has 0 radical (unpaired) electrons. The molecule has 116 valence electrons. The van der Waals surface area contributed by atoms with Gasteiger partial charge in [-0.1, -0.05) is 12.2 Å². The van der Waals surface area contributed by atoms with Crippen LogP contribution in [0.2, 0.25) is 0 Å². The van der Waals surface area contributed by atoms with Gasteiger partial charge in [0.05, 0.1) is 11.8 Å². The Morgan fingerprint density at radius 2 is 1.62 bits per heavy atom. The van der Waals surface area contributed by atoms with Gasteiger partial charge in [-0.15, -0.1) is 0 Å². The van der Waals surface area contributed by atoms with E-state index >= 15 is 0 Å². The summed E-state index contributed by atoms with van der Waals surface area (Å²) in [5, 5.41) is 11.4. The molecule has 0 aromatic carbocycles. The Kier molecular flexibility index (Phi) is 3.99. The highest BCUT2D eigenvalue weighted by Gasteiger charge is 2.48. The molecular formula is C15H23N3O3. The van der Waals surface area contributed by atoms with Crippen molar-refractivity contribution in [3.63, 3.8) is 0 Å². The SMILES string of the molecule is CN1CCN(NC(=O)[C@H]2[C@@H](C(=O)O)[C@H]3C=C[C@H]2CC3)CC1. The van der Waals surface area contributed by atoms with E-state index in [-0.39, 0.29) is 17.7 Å². The summed E-state index contributed by atoms with van der Waals surface area (Å²) >= 11 is 0. The van der Waals surface area contributed by atoms with Crippen LogP contribution in [-0.4, -0.2) is 60.1 Å². The molecule has 1 amide bonds. The maximum Gasteiger partial charge on any atom is 0.307 e. The maximum atomic E-state index is 12.6. The maximum absolute atomic E-state index is 12.6. The molecule has 0 aromatic heterocycles. The number of hydrogen-bond donors (Lipinski definition) is 2. The van der Waals surface area contributed by atoms with Crippen LogP contribution in [0.4, 0.5) is 0 Å². The zero-order valence-electron chi connectivity index (χ0n) is 12.4. The number of carboxylic acid groups (broad SMARTS) is 1. The first-order valence-electron chi connectivity index (χ1n) is 7.71. The fraction of sp³-hybridized carbons (Fsp3) is 0.733. The summed E-state index contributed by atoms with van der Waals surface area (Å²) in [6.45, 7) is 3.41. The molecule has 6 heteroatoms. The Morgan fingerprint density at radius 3 is 2.14 bits per heavy atom. The third kappa shape index (κ3) is 2.82. The number of carboxylic acids is 1. The fourth-order valence-electron chi connectivity index (χ4n) is 3.84. The van der Waals surface area contributed by atoms with Crippen molar-refractivity contribution in [3.8, 4) is 0 Å². The standard InChI is InChI=1S/C15H23N3O3/c1-17-6-8-18(9-7-17)16-14(19)12-10-2-4-11(5-3-10)13(12)15(20)21/h2,4,10-13H,3,5-9H2,1H3,(H,16,19)(H,20,21)/t10-,11-,12+,13-/m0/s1. The van der Waals surface area contributed by atoms with Gasteiger partial charge >= 0.3 is 5.97 Å². The highest BCUT2D eigenvalue weighted by atomic mass is 16.4. The van der Waals surface area contributed by atoms with E-state index in [9.17, 15) is 14.7 Å². The van der Waals surface area contributed by atoms with Crippen LogP contribution in [0.5, 0.6) is 0 Å². The molecule has 2 N–H and O–H groups in total. The van der Waals surface area contributed by atoms with Gasteiger partial charge in [0.1, 0.15) is 0 Å². The number of amides is 1. The summed E-state index contributed by atoms with van der Waals surface area (Å²) in [5.41, 5.74) is 2.95. The lowest BCUT2D eigenvalue weighted by atomic mass is 9.62. The number of carbonyl (C=O) groups excluding carboxylic acids is 1. The van der Waals surface area contributed by atoms with Crippen LogP contribution in [0.25, 0.3) is 0 Å². The lowest BCUT2D eigenvalue weighted by Crippen LogP contribution is -2.57. The van der Waals surface area contributed by atoms with Crippen molar-refractivity contribution in [2.45, 2.75) is 12.8 Å². The van der Waals surface area contributed by atoms with Gasteiger partial charge in [-0.2, -0.15) is 0 Å². The topological polar surface area (TPSA) is 72.9 Å². The number of allylic oxidation sites excluding steroid dienone is 2.